The summed E-state index contributed by atoms with van der Waals surface area (Å²) < 4.78 is 0. The first kappa shape index (κ1) is 19.6. The molecule has 0 bridgehead atoms. The molecule has 0 radical (unpaired) electrons. The van der Waals surface area contributed by atoms with Gasteiger partial charge in [-0.15, -0.1) is 0 Å². The fourth-order valence-electron chi connectivity index (χ4n) is 3.38. The molecule has 1 aliphatic rings. The minimum Gasteiger partial charge on any atom is -0.379 e. The topological polar surface area (TPSA) is 61.4 Å². The van der Waals surface area contributed by atoms with E-state index in [1.165, 1.54) is 29.5 Å². The molecule has 2 aromatic carbocycles. The van der Waals surface area contributed by atoms with E-state index in [1.807, 2.05) is 0 Å². The summed E-state index contributed by atoms with van der Waals surface area (Å²) in [7, 11) is 3.55. The van der Waals surface area contributed by atoms with Crippen LogP contribution in [0, 0.1) is 0 Å². The number of anilines is 2. The van der Waals surface area contributed by atoms with Gasteiger partial charge in [0.2, 0.25) is 0 Å². The Morgan fingerprint density at radius 2 is 1.74 bits per heavy atom. The molecule has 2 aromatic rings. The van der Waals surface area contributed by atoms with Crippen molar-refractivity contribution >= 4 is 11.4 Å². The summed E-state index contributed by atoms with van der Waals surface area (Å²) in [5.41, 5.74) is 4.43. The number of nitrogens with zero attached hydrogens (tertiary/aromatic N) is 1. The third-order valence-corrected chi connectivity index (χ3v) is 5.19. The van der Waals surface area contributed by atoms with Gasteiger partial charge >= 0.3 is 0 Å². The Bertz CT molecular complexity index is 882. The molecule has 1 saturated carbocycles. The Morgan fingerprint density at radius 1 is 1.04 bits per heavy atom. The van der Waals surface area contributed by atoms with Crippen molar-refractivity contribution in [2.75, 3.05) is 37.4 Å². The minimum atomic E-state index is -0.411. The maximum absolute atomic E-state index is 11.7. The predicted molar refractivity (Wildman–Crippen MR) is 113 cm³/mol. The van der Waals surface area contributed by atoms with Gasteiger partial charge in [0.1, 0.15) is 11.4 Å². The first-order chi connectivity index (χ1) is 12.7. The molecule has 0 spiro atoms. The quantitative estimate of drug-likeness (QED) is 0.553. The molecule has 27 heavy (non-hydrogen) atoms. The van der Waals surface area contributed by atoms with Crippen molar-refractivity contribution in [1.29, 1.82) is 0 Å². The van der Waals surface area contributed by atoms with Gasteiger partial charge in [-0.25, -0.2) is 0 Å². The Morgan fingerprint density at radius 3 is 2.33 bits per heavy atom. The first-order valence-corrected chi connectivity index (χ1v) is 9.78. The van der Waals surface area contributed by atoms with Crippen LogP contribution in [0.25, 0.3) is 0 Å². The molecule has 0 aliphatic heterocycles. The summed E-state index contributed by atoms with van der Waals surface area (Å²) in [4.78, 5) is 25.0. The Balaban J connectivity index is 1.55. The van der Waals surface area contributed by atoms with Crippen molar-refractivity contribution in [2.24, 2.45) is 0 Å². The van der Waals surface area contributed by atoms with E-state index in [4.69, 9.17) is 0 Å². The van der Waals surface area contributed by atoms with Crippen molar-refractivity contribution in [3.05, 3.63) is 55.3 Å². The van der Waals surface area contributed by atoms with E-state index in [0.29, 0.717) is 17.9 Å². The van der Waals surface area contributed by atoms with Crippen LogP contribution >= 0.6 is 0 Å². The van der Waals surface area contributed by atoms with E-state index in [2.05, 4.69) is 49.6 Å². The van der Waals surface area contributed by atoms with Crippen molar-refractivity contribution in [2.45, 2.75) is 51.5 Å². The number of hydrogen-bond donors (Lipinski definition) is 2. The van der Waals surface area contributed by atoms with E-state index in [0.717, 1.165) is 19.0 Å². The molecule has 0 amide bonds. The van der Waals surface area contributed by atoms with E-state index in [1.54, 1.807) is 19.0 Å². The summed E-state index contributed by atoms with van der Waals surface area (Å²) in [6, 6.07) is 7.00. The zero-order valence-electron chi connectivity index (χ0n) is 17.1. The fraction of sp³-hybridized carbons (Fsp3) is 0.545. The lowest BCUT2D eigenvalue weighted by atomic mass is 9.84. The van der Waals surface area contributed by atoms with Crippen LogP contribution in [0.15, 0.2) is 27.8 Å². The maximum Gasteiger partial charge on any atom is 0.253 e. The zero-order chi connectivity index (χ0) is 19.8. The van der Waals surface area contributed by atoms with Crippen LogP contribution in [0.3, 0.4) is 0 Å². The number of benzene rings is 1. The summed E-state index contributed by atoms with van der Waals surface area (Å²) in [5.74, 6) is 0.742. The second-order valence-electron chi connectivity index (χ2n) is 8.87. The van der Waals surface area contributed by atoms with Gasteiger partial charge in [0, 0.05) is 33.7 Å². The number of rotatable bonds is 8. The highest BCUT2D eigenvalue weighted by molar-refractivity contribution is 5.74. The highest BCUT2D eigenvalue weighted by Crippen LogP contribution is 2.41. The highest BCUT2D eigenvalue weighted by Gasteiger charge is 2.26. The Hall–Kier alpha value is -2.14. The van der Waals surface area contributed by atoms with Gasteiger partial charge in [-0.1, -0.05) is 39.0 Å². The van der Waals surface area contributed by atoms with Crippen LogP contribution in [0.1, 0.15) is 56.2 Å². The molecule has 0 unspecified atom stereocenters. The lowest BCUT2D eigenvalue weighted by Crippen LogP contribution is -2.40. The highest BCUT2D eigenvalue weighted by atomic mass is 16.2. The van der Waals surface area contributed by atoms with E-state index in [9.17, 15) is 9.59 Å². The van der Waals surface area contributed by atoms with Crippen LogP contribution in [-0.4, -0.2) is 27.2 Å². The third-order valence-electron chi connectivity index (χ3n) is 5.19. The third kappa shape index (κ3) is 4.41. The van der Waals surface area contributed by atoms with Crippen LogP contribution in [0.2, 0.25) is 0 Å². The second kappa shape index (κ2) is 7.47. The Kier molecular flexibility index (Phi) is 5.43. The number of nitrogens with one attached hydrogen (secondary N) is 2. The van der Waals surface area contributed by atoms with Crippen LogP contribution < -0.4 is 26.4 Å². The van der Waals surface area contributed by atoms with Crippen molar-refractivity contribution in [1.82, 2.24) is 5.32 Å². The zero-order valence-corrected chi connectivity index (χ0v) is 17.1. The van der Waals surface area contributed by atoms with Crippen LogP contribution in [0.5, 0.6) is 0 Å². The molecule has 3 rings (SSSR count). The van der Waals surface area contributed by atoms with Crippen LogP contribution in [0.4, 0.5) is 11.4 Å². The van der Waals surface area contributed by atoms with Gasteiger partial charge in [-0.05, 0) is 40.9 Å². The summed E-state index contributed by atoms with van der Waals surface area (Å²) in [5, 5.41) is 6.54. The van der Waals surface area contributed by atoms with Gasteiger partial charge in [0.05, 0.1) is 0 Å². The molecular formula is C22H31N3O2. The molecule has 1 fully saturated rings. The molecule has 2 N–H and O–H groups in total. The van der Waals surface area contributed by atoms with Gasteiger partial charge in [0.25, 0.3) is 10.9 Å². The predicted octanol–water partition coefficient (Wildman–Crippen LogP) is 2.73. The fourth-order valence-corrected chi connectivity index (χ4v) is 3.38. The average molecular weight is 370 g/mol. The van der Waals surface area contributed by atoms with Gasteiger partial charge < -0.3 is 15.5 Å². The smallest absolute Gasteiger partial charge is 0.253 e. The van der Waals surface area contributed by atoms with Gasteiger partial charge in [-0.3, -0.25) is 9.59 Å². The molecule has 5 heteroatoms. The summed E-state index contributed by atoms with van der Waals surface area (Å²) in [6.07, 6.45) is 2.61. The lowest BCUT2D eigenvalue weighted by molar-refractivity contribution is 0.587. The summed E-state index contributed by atoms with van der Waals surface area (Å²) >= 11 is 0. The van der Waals surface area contributed by atoms with Crippen molar-refractivity contribution in [3.63, 3.8) is 0 Å². The number of hydrogen-bond acceptors (Lipinski definition) is 5. The van der Waals surface area contributed by atoms with Crippen molar-refractivity contribution < 1.29 is 0 Å². The standard InChI is InChI=1S/C22H31N3O2/c1-22(2,3)17-11-14(10-16(12-17)15-6-7-15)13-23-8-9-24-18-19(25(4)5)21(27)20(18)26/h10-12,15,23-24H,6-9,13H2,1-5H3. The first-order valence-electron chi connectivity index (χ1n) is 9.78. The van der Waals surface area contributed by atoms with E-state index in [-0.39, 0.29) is 5.41 Å². The monoisotopic (exact) mass is 369 g/mol. The van der Waals surface area contributed by atoms with Gasteiger partial charge in [0.15, 0.2) is 0 Å². The largest absolute Gasteiger partial charge is 0.379 e. The van der Waals surface area contributed by atoms with Gasteiger partial charge in [-0.2, -0.15) is 0 Å². The minimum absolute atomic E-state index is 0.146. The normalized spacial score (nSPS) is 14.6. The molecule has 0 aromatic heterocycles. The van der Waals surface area contributed by atoms with Crippen molar-refractivity contribution in [3.8, 4) is 0 Å². The molecule has 1 aliphatic carbocycles. The molecule has 0 heterocycles. The Labute approximate surface area is 161 Å². The molecule has 5 nitrogen and oxygen atoms in total. The molecular weight excluding hydrogens is 338 g/mol. The lowest BCUT2D eigenvalue weighted by Gasteiger charge is -2.22. The SMILES string of the molecule is CN(C)c1c(NCCNCc2cc(C3CC3)cc(C(C)(C)C)c2)c(=O)c1=O. The molecule has 0 saturated heterocycles. The van der Waals surface area contributed by atoms with Crippen LogP contribution in [-0.2, 0) is 12.0 Å². The summed E-state index contributed by atoms with van der Waals surface area (Å²) in [6.45, 7) is 8.91. The van der Waals surface area contributed by atoms with E-state index >= 15 is 0 Å². The van der Waals surface area contributed by atoms with E-state index < -0.39 is 10.9 Å². The second-order valence-corrected chi connectivity index (χ2v) is 8.87. The molecule has 0 atom stereocenters. The maximum atomic E-state index is 11.7. The molecule has 146 valence electrons. The average Bonchev–Trinajstić information content (AvgIpc) is 3.43.